The first kappa shape index (κ1) is 12.9. The molecule has 2 aliphatic rings. The summed E-state index contributed by atoms with van der Waals surface area (Å²) in [6.45, 7) is 1.89. The lowest BCUT2D eigenvalue weighted by atomic mass is 9.85. The number of hydrogen-bond acceptors (Lipinski definition) is 5. The van der Waals surface area contributed by atoms with Gasteiger partial charge in [-0.1, -0.05) is 0 Å². The number of hydrogen-bond donors (Lipinski definition) is 2. The van der Waals surface area contributed by atoms with Crippen LogP contribution in [-0.4, -0.2) is 30.0 Å². The molecule has 1 aromatic heterocycles. The second kappa shape index (κ2) is 4.87. The molecule has 110 valence electrons. The quantitative estimate of drug-likeness (QED) is 0.790. The first-order valence-corrected chi connectivity index (χ1v) is 8.26. The van der Waals surface area contributed by atoms with Crippen LogP contribution in [-0.2, 0) is 4.79 Å². The molecule has 1 aromatic carbocycles. The first-order chi connectivity index (χ1) is 10.2. The summed E-state index contributed by atoms with van der Waals surface area (Å²) in [5.74, 6) is 0.732. The Labute approximate surface area is 127 Å². The molecule has 2 unspecified atom stereocenters. The number of fused-ring (bicyclic) bond motifs is 2. The lowest BCUT2D eigenvalue weighted by Gasteiger charge is -2.42. The molecule has 2 atom stereocenters. The number of aromatic nitrogens is 1. The highest BCUT2D eigenvalue weighted by molar-refractivity contribution is 7.16. The molecule has 0 saturated carbocycles. The normalized spacial score (nSPS) is 25.7. The zero-order valence-corrected chi connectivity index (χ0v) is 12.5. The number of piperidine rings is 2. The number of nitrogens with one attached hydrogen (secondary N) is 1. The van der Waals surface area contributed by atoms with Gasteiger partial charge in [0.1, 0.15) is 5.52 Å². The number of nitrogens with zero attached hydrogens (tertiary/aromatic N) is 2. The Morgan fingerprint density at radius 1 is 1.38 bits per heavy atom. The molecule has 0 bridgehead atoms. The maximum Gasteiger partial charge on any atom is 0.220 e. The average Bonchev–Trinajstić information content (AvgIpc) is 2.97. The van der Waals surface area contributed by atoms with Gasteiger partial charge in [0.2, 0.25) is 5.91 Å². The Hall–Kier alpha value is -1.82. The van der Waals surface area contributed by atoms with Crippen LogP contribution in [0.1, 0.15) is 19.3 Å². The summed E-state index contributed by atoms with van der Waals surface area (Å²) >= 11 is 1.62. The van der Waals surface area contributed by atoms with E-state index in [-0.39, 0.29) is 5.91 Å². The van der Waals surface area contributed by atoms with Crippen molar-refractivity contribution in [3.8, 4) is 0 Å². The van der Waals surface area contributed by atoms with Crippen molar-refractivity contribution in [2.45, 2.75) is 25.3 Å². The first-order valence-electron chi connectivity index (χ1n) is 7.38. The fourth-order valence-corrected chi connectivity index (χ4v) is 4.24. The van der Waals surface area contributed by atoms with Crippen LogP contribution in [0.4, 0.5) is 11.4 Å². The average molecular weight is 302 g/mol. The van der Waals surface area contributed by atoms with Crippen LogP contribution in [0.3, 0.4) is 0 Å². The number of nitrogen functional groups attached to an aromatic ring is 1. The van der Waals surface area contributed by atoms with Crippen molar-refractivity contribution in [1.82, 2.24) is 10.3 Å². The van der Waals surface area contributed by atoms with Crippen molar-refractivity contribution < 1.29 is 4.79 Å². The third-order valence-electron chi connectivity index (χ3n) is 4.68. The number of benzene rings is 1. The molecular weight excluding hydrogens is 284 g/mol. The van der Waals surface area contributed by atoms with Gasteiger partial charge in [-0.3, -0.25) is 4.79 Å². The Morgan fingerprint density at radius 2 is 2.29 bits per heavy atom. The summed E-state index contributed by atoms with van der Waals surface area (Å²) in [6, 6.07) is 4.55. The van der Waals surface area contributed by atoms with E-state index in [1.165, 1.54) is 0 Å². The van der Waals surface area contributed by atoms with E-state index in [0.717, 1.165) is 47.5 Å². The van der Waals surface area contributed by atoms with E-state index < -0.39 is 0 Å². The van der Waals surface area contributed by atoms with Crippen LogP contribution in [0.25, 0.3) is 10.2 Å². The molecule has 2 aromatic rings. The lowest BCUT2D eigenvalue weighted by molar-refractivity contribution is -0.124. The Bertz CT molecular complexity index is 698. The number of thiazole rings is 1. The van der Waals surface area contributed by atoms with Crippen molar-refractivity contribution in [2.75, 3.05) is 23.7 Å². The number of anilines is 2. The van der Waals surface area contributed by atoms with Gasteiger partial charge in [0, 0.05) is 25.6 Å². The number of nitrogens with two attached hydrogens (primary N) is 1. The molecule has 4 rings (SSSR count). The zero-order chi connectivity index (χ0) is 14.4. The van der Waals surface area contributed by atoms with E-state index >= 15 is 0 Å². The fourth-order valence-electron chi connectivity index (χ4n) is 3.55. The van der Waals surface area contributed by atoms with Crippen LogP contribution in [0.5, 0.6) is 0 Å². The van der Waals surface area contributed by atoms with E-state index in [1.807, 2.05) is 5.51 Å². The predicted octanol–water partition coefficient (Wildman–Crippen LogP) is 1.98. The molecule has 0 spiro atoms. The maximum atomic E-state index is 11.5. The third kappa shape index (κ3) is 2.14. The summed E-state index contributed by atoms with van der Waals surface area (Å²) in [5, 5.41) is 3.12. The van der Waals surface area contributed by atoms with Crippen LogP contribution in [0.2, 0.25) is 0 Å². The van der Waals surface area contributed by atoms with E-state index in [0.29, 0.717) is 18.4 Å². The van der Waals surface area contributed by atoms with Crippen LogP contribution in [0.15, 0.2) is 17.6 Å². The second-order valence-electron chi connectivity index (χ2n) is 5.90. The van der Waals surface area contributed by atoms with Gasteiger partial charge in [-0.25, -0.2) is 4.98 Å². The molecule has 2 aliphatic heterocycles. The summed E-state index contributed by atoms with van der Waals surface area (Å²) < 4.78 is 1.14. The summed E-state index contributed by atoms with van der Waals surface area (Å²) in [5.41, 5.74) is 10.9. The molecule has 3 N–H and O–H groups in total. The highest BCUT2D eigenvalue weighted by Gasteiger charge is 2.34. The van der Waals surface area contributed by atoms with Gasteiger partial charge in [0.25, 0.3) is 0 Å². The van der Waals surface area contributed by atoms with E-state index in [4.69, 9.17) is 5.73 Å². The Kier molecular flexibility index (Phi) is 2.99. The van der Waals surface area contributed by atoms with Gasteiger partial charge >= 0.3 is 0 Å². The number of carbonyl (C=O) groups is 1. The maximum absolute atomic E-state index is 11.5. The molecule has 21 heavy (non-hydrogen) atoms. The predicted molar refractivity (Wildman–Crippen MR) is 85.5 cm³/mol. The van der Waals surface area contributed by atoms with Gasteiger partial charge < -0.3 is 16.0 Å². The highest BCUT2D eigenvalue weighted by Crippen LogP contribution is 2.36. The molecule has 2 fully saturated rings. The summed E-state index contributed by atoms with van der Waals surface area (Å²) in [6.07, 6.45) is 2.62. The van der Waals surface area contributed by atoms with Crippen LogP contribution in [0, 0.1) is 5.92 Å². The minimum absolute atomic E-state index is 0.202. The molecule has 3 heterocycles. The van der Waals surface area contributed by atoms with Crippen LogP contribution >= 0.6 is 11.3 Å². The highest BCUT2D eigenvalue weighted by atomic mass is 32.1. The minimum atomic E-state index is 0.202. The van der Waals surface area contributed by atoms with Gasteiger partial charge in [-0.2, -0.15) is 0 Å². The van der Waals surface area contributed by atoms with Gasteiger partial charge in [-0.15, -0.1) is 11.3 Å². The fraction of sp³-hybridized carbons (Fsp3) is 0.467. The monoisotopic (exact) mass is 302 g/mol. The van der Waals surface area contributed by atoms with Gasteiger partial charge in [0.15, 0.2) is 0 Å². The largest absolute Gasteiger partial charge is 0.395 e. The molecular formula is C15H18N4OS. The molecule has 6 heteroatoms. The van der Waals surface area contributed by atoms with E-state index in [2.05, 4.69) is 27.3 Å². The zero-order valence-electron chi connectivity index (χ0n) is 11.7. The topological polar surface area (TPSA) is 71.2 Å². The number of amides is 1. The SMILES string of the molecule is Nc1c(N2CCC3NC(=O)CCC3C2)ccc2scnc12. The van der Waals surface area contributed by atoms with Crippen molar-refractivity contribution in [2.24, 2.45) is 5.92 Å². The van der Waals surface area contributed by atoms with E-state index in [1.54, 1.807) is 11.3 Å². The lowest BCUT2D eigenvalue weighted by Crippen LogP contribution is -2.54. The third-order valence-corrected chi connectivity index (χ3v) is 5.48. The molecule has 0 aliphatic carbocycles. The smallest absolute Gasteiger partial charge is 0.220 e. The van der Waals surface area contributed by atoms with Gasteiger partial charge in [0.05, 0.1) is 21.6 Å². The number of rotatable bonds is 1. The van der Waals surface area contributed by atoms with Crippen molar-refractivity contribution in [3.63, 3.8) is 0 Å². The van der Waals surface area contributed by atoms with Gasteiger partial charge in [-0.05, 0) is 30.9 Å². The minimum Gasteiger partial charge on any atom is -0.395 e. The van der Waals surface area contributed by atoms with Crippen molar-refractivity contribution in [3.05, 3.63) is 17.6 Å². The Balaban J connectivity index is 1.61. The van der Waals surface area contributed by atoms with Crippen molar-refractivity contribution >= 4 is 38.8 Å². The standard InChI is InChI=1S/C15H18N4OS/c16-14-11(2-3-12-15(14)17-8-21-12)19-6-5-10-9(7-19)1-4-13(20)18-10/h2-3,8-10H,1,4-7,16H2,(H,18,20). The summed E-state index contributed by atoms with van der Waals surface area (Å²) in [4.78, 5) is 18.2. The summed E-state index contributed by atoms with van der Waals surface area (Å²) in [7, 11) is 0. The molecule has 2 saturated heterocycles. The molecule has 1 amide bonds. The van der Waals surface area contributed by atoms with Crippen molar-refractivity contribution in [1.29, 1.82) is 0 Å². The molecule has 5 nitrogen and oxygen atoms in total. The molecule has 0 radical (unpaired) electrons. The second-order valence-corrected chi connectivity index (χ2v) is 6.79. The Morgan fingerprint density at radius 3 is 3.19 bits per heavy atom. The van der Waals surface area contributed by atoms with E-state index in [9.17, 15) is 4.79 Å². The van der Waals surface area contributed by atoms with Crippen LogP contribution < -0.4 is 16.0 Å². The number of carbonyl (C=O) groups excluding carboxylic acids is 1.